The Hall–Kier alpha value is -0.190. The Kier molecular flexibility index (Phi) is 4.16. The highest BCUT2D eigenvalue weighted by molar-refractivity contribution is 9.10. The van der Waals surface area contributed by atoms with Crippen LogP contribution in [-0.4, -0.2) is 23.2 Å². The normalized spacial score (nSPS) is 23.7. The van der Waals surface area contributed by atoms with Crippen LogP contribution in [0.5, 0.6) is 5.75 Å². The largest absolute Gasteiger partial charge is 0.490 e. The summed E-state index contributed by atoms with van der Waals surface area (Å²) in [5.41, 5.74) is 0.906. The van der Waals surface area contributed by atoms with E-state index >= 15 is 0 Å². The number of benzene rings is 1. The molecule has 4 heteroatoms. The fourth-order valence-corrected chi connectivity index (χ4v) is 2.75. The van der Waals surface area contributed by atoms with Crippen molar-refractivity contribution in [2.45, 2.75) is 25.0 Å². The predicted octanol–water partition coefficient (Wildman–Crippen LogP) is 3.39. The quantitative estimate of drug-likeness (QED) is 0.928. The molecule has 88 valence electrons. The fourth-order valence-electron chi connectivity index (χ4n) is 1.92. The van der Waals surface area contributed by atoms with E-state index in [1.165, 1.54) is 0 Å². The lowest BCUT2D eigenvalue weighted by atomic mass is 9.98. The predicted molar refractivity (Wildman–Crippen MR) is 71.1 cm³/mol. The molecule has 1 aromatic rings. The third-order valence-corrected chi connectivity index (χ3v) is 3.90. The highest BCUT2D eigenvalue weighted by Gasteiger charge is 2.26. The summed E-state index contributed by atoms with van der Waals surface area (Å²) in [6, 6.07) is 5.80. The van der Waals surface area contributed by atoms with Crippen LogP contribution < -0.4 is 4.74 Å². The molecule has 2 rings (SSSR count). The lowest BCUT2D eigenvalue weighted by Gasteiger charge is -2.29. The smallest absolute Gasteiger partial charge is 0.126 e. The van der Waals surface area contributed by atoms with Crippen LogP contribution in [0.2, 0.25) is 0 Å². The topological polar surface area (TPSA) is 29.5 Å². The van der Waals surface area contributed by atoms with Crippen molar-refractivity contribution in [3.05, 3.63) is 28.2 Å². The average molecular weight is 303 g/mol. The molecule has 1 heterocycles. The van der Waals surface area contributed by atoms with Crippen molar-refractivity contribution in [1.29, 1.82) is 0 Å². The minimum atomic E-state index is -0.385. The maximum atomic E-state index is 10.0. The minimum absolute atomic E-state index is 0.143. The number of aliphatic hydroxyl groups is 1. The third-order valence-electron chi connectivity index (χ3n) is 2.76. The average Bonchev–Trinajstić information content (AvgIpc) is 2.25. The van der Waals surface area contributed by atoms with Gasteiger partial charge in [0.2, 0.25) is 0 Å². The van der Waals surface area contributed by atoms with E-state index in [4.69, 9.17) is 4.74 Å². The molecule has 0 aromatic heterocycles. The van der Waals surface area contributed by atoms with Gasteiger partial charge in [-0.2, -0.15) is 11.8 Å². The van der Waals surface area contributed by atoms with Crippen LogP contribution in [0, 0.1) is 0 Å². The van der Waals surface area contributed by atoms with Gasteiger partial charge in [-0.3, -0.25) is 0 Å². The number of rotatable bonds is 3. The van der Waals surface area contributed by atoms with E-state index in [-0.39, 0.29) is 12.2 Å². The standard InChI is InChI=1S/C12H15BrO2S/c1-16-5-4-9-7-11(14)10-3-2-8(13)6-12(10)15-9/h2-3,6,9,11,14H,4-5,7H2,1H3/t9?,11-/m1/s1. The molecule has 1 aliphatic rings. The summed E-state index contributed by atoms with van der Waals surface area (Å²) in [4.78, 5) is 0. The first-order valence-corrected chi connectivity index (χ1v) is 7.52. The van der Waals surface area contributed by atoms with Gasteiger partial charge in [0, 0.05) is 16.5 Å². The number of halogens is 1. The second-order valence-corrected chi connectivity index (χ2v) is 5.86. The van der Waals surface area contributed by atoms with E-state index in [1.807, 2.05) is 30.0 Å². The van der Waals surface area contributed by atoms with Gasteiger partial charge in [0.1, 0.15) is 11.9 Å². The van der Waals surface area contributed by atoms with Crippen LogP contribution in [-0.2, 0) is 0 Å². The zero-order valence-electron chi connectivity index (χ0n) is 9.15. The molecule has 2 nitrogen and oxygen atoms in total. The maximum absolute atomic E-state index is 10.0. The summed E-state index contributed by atoms with van der Waals surface area (Å²) >= 11 is 5.23. The lowest BCUT2D eigenvalue weighted by molar-refractivity contribution is 0.0648. The maximum Gasteiger partial charge on any atom is 0.126 e. The number of fused-ring (bicyclic) bond motifs is 1. The van der Waals surface area contributed by atoms with Gasteiger partial charge < -0.3 is 9.84 Å². The molecule has 0 saturated carbocycles. The highest BCUT2D eigenvalue weighted by atomic mass is 79.9. The molecule has 2 atom stereocenters. The summed E-state index contributed by atoms with van der Waals surface area (Å²) in [7, 11) is 0. The second-order valence-electron chi connectivity index (χ2n) is 3.95. The number of thioether (sulfide) groups is 1. The summed E-state index contributed by atoms with van der Waals surface area (Å²) < 4.78 is 6.87. The number of aliphatic hydroxyl groups excluding tert-OH is 1. The summed E-state index contributed by atoms with van der Waals surface area (Å²) in [5, 5.41) is 10.0. The van der Waals surface area contributed by atoms with Crippen LogP contribution in [0.15, 0.2) is 22.7 Å². The van der Waals surface area contributed by atoms with E-state index < -0.39 is 0 Å². The van der Waals surface area contributed by atoms with Crippen LogP contribution in [0.4, 0.5) is 0 Å². The van der Waals surface area contributed by atoms with Crippen LogP contribution in [0.3, 0.4) is 0 Å². The van der Waals surface area contributed by atoms with Gasteiger partial charge in [-0.05, 0) is 30.6 Å². The van der Waals surface area contributed by atoms with Crippen molar-refractivity contribution in [3.63, 3.8) is 0 Å². The summed E-state index contributed by atoms with van der Waals surface area (Å²) in [5.74, 6) is 1.89. The van der Waals surface area contributed by atoms with E-state index in [0.29, 0.717) is 6.42 Å². The zero-order chi connectivity index (χ0) is 11.5. The van der Waals surface area contributed by atoms with Gasteiger partial charge in [-0.25, -0.2) is 0 Å². The van der Waals surface area contributed by atoms with Crippen LogP contribution in [0.25, 0.3) is 0 Å². The Labute approximate surface area is 109 Å². The monoisotopic (exact) mass is 302 g/mol. The zero-order valence-corrected chi connectivity index (χ0v) is 11.6. The molecule has 1 unspecified atom stereocenters. The summed E-state index contributed by atoms with van der Waals surface area (Å²) in [6.45, 7) is 0. The van der Waals surface area contributed by atoms with Crippen molar-refractivity contribution < 1.29 is 9.84 Å². The lowest BCUT2D eigenvalue weighted by Crippen LogP contribution is -2.26. The van der Waals surface area contributed by atoms with Crippen molar-refractivity contribution in [1.82, 2.24) is 0 Å². The summed E-state index contributed by atoms with van der Waals surface area (Å²) in [6.07, 6.45) is 3.54. The minimum Gasteiger partial charge on any atom is -0.490 e. The Bertz CT molecular complexity index is 370. The molecule has 16 heavy (non-hydrogen) atoms. The first-order valence-electron chi connectivity index (χ1n) is 5.34. The van der Waals surface area contributed by atoms with Crippen molar-refractivity contribution in [2.24, 2.45) is 0 Å². The van der Waals surface area contributed by atoms with E-state index in [9.17, 15) is 5.11 Å². The molecule has 0 amide bonds. The molecule has 1 aliphatic heterocycles. The van der Waals surface area contributed by atoms with Crippen LogP contribution in [0.1, 0.15) is 24.5 Å². The molecule has 0 saturated heterocycles. The molecular formula is C12H15BrO2S. The highest BCUT2D eigenvalue weighted by Crippen LogP contribution is 2.37. The van der Waals surface area contributed by atoms with Gasteiger partial charge >= 0.3 is 0 Å². The van der Waals surface area contributed by atoms with Gasteiger partial charge in [-0.15, -0.1) is 0 Å². The molecule has 1 N–H and O–H groups in total. The first-order chi connectivity index (χ1) is 7.70. The SMILES string of the molecule is CSCCC1C[C@@H](O)c2ccc(Br)cc2O1. The van der Waals surface area contributed by atoms with Gasteiger partial charge in [-0.1, -0.05) is 22.0 Å². The fraction of sp³-hybridized carbons (Fsp3) is 0.500. The molecule has 1 aromatic carbocycles. The van der Waals surface area contributed by atoms with Crippen molar-refractivity contribution in [3.8, 4) is 5.75 Å². The van der Waals surface area contributed by atoms with Crippen molar-refractivity contribution in [2.75, 3.05) is 12.0 Å². The van der Waals surface area contributed by atoms with E-state index in [2.05, 4.69) is 22.2 Å². The Morgan fingerprint density at radius 1 is 1.56 bits per heavy atom. The van der Waals surface area contributed by atoms with E-state index in [1.54, 1.807) is 0 Å². The second kappa shape index (κ2) is 5.43. The Morgan fingerprint density at radius 3 is 3.12 bits per heavy atom. The Morgan fingerprint density at radius 2 is 2.38 bits per heavy atom. The molecule has 0 bridgehead atoms. The molecule has 0 radical (unpaired) electrons. The molecular weight excluding hydrogens is 288 g/mol. The Balaban J connectivity index is 2.14. The van der Waals surface area contributed by atoms with Gasteiger partial charge in [0.15, 0.2) is 0 Å². The molecule has 0 aliphatic carbocycles. The van der Waals surface area contributed by atoms with Gasteiger partial charge in [0.05, 0.1) is 6.10 Å². The molecule has 0 fully saturated rings. The van der Waals surface area contributed by atoms with E-state index in [0.717, 1.165) is 28.0 Å². The third kappa shape index (κ3) is 2.73. The number of hydrogen-bond acceptors (Lipinski definition) is 3. The van der Waals surface area contributed by atoms with Crippen LogP contribution >= 0.6 is 27.7 Å². The number of ether oxygens (including phenoxy) is 1. The number of hydrogen-bond donors (Lipinski definition) is 1. The molecule has 0 spiro atoms. The van der Waals surface area contributed by atoms with Gasteiger partial charge in [0.25, 0.3) is 0 Å². The van der Waals surface area contributed by atoms with Crippen molar-refractivity contribution >= 4 is 27.7 Å². The first kappa shape index (κ1) is 12.3.